The highest BCUT2D eigenvalue weighted by atomic mass is 16.3. The second-order valence-electron chi connectivity index (χ2n) is 6.64. The fraction of sp³-hybridized carbons (Fsp3) is 0.389. The molecule has 0 radical (unpaired) electrons. The molecule has 0 aliphatic carbocycles. The van der Waals surface area contributed by atoms with Crippen LogP contribution in [0.5, 0.6) is 0 Å². The van der Waals surface area contributed by atoms with Crippen LogP contribution in [0.15, 0.2) is 65.7 Å². The van der Waals surface area contributed by atoms with Gasteiger partial charge in [0, 0.05) is 48.0 Å². The molecule has 2 rings (SSSR count). The van der Waals surface area contributed by atoms with Gasteiger partial charge in [0.1, 0.15) is 5.84 Å². The summed E-state index contributed by atoms with van der Waals surface area (Å²) >= 11 is 0. The number of rotatable bonds is 7. The maximum Gasteiger partial charge on any atom is 0.113 e. The van der Waals surface area contributed by atoms with Crippen LogP contribution in [0, 0.1) is 17.3 Å². The Balaban J connectivity index is 1.89. The number of aliphatic hydroxyl groups excluding tert-OH is 1. The summed E-state index contributed by atoms with van der Waals surface area (Å²) in [5.41, 5.74) is 7.62. The summed E-state index contributed by atoms with van der Waals surface area (Å²) in [6.07, 6.45) is 13.5. The Kier molecular flexibility index (Phi) is 5.45. The van der Waals surface area contributed by atoms with E-state index in [0.29, 0.717) is 6.54 Å². The quantitative estimate of drug-likeness (QED) is 0.540. The number of nitrogens with one attached hydrogen (secondary N) is 2. The molecular weight excluding hydrogens is 288 g/mol. The fourth-order valence-electron chi connectivity index (χ4n) is 2.35. The van der Waals surface area contributed by atoms with Crippen molar-refractivity contribution in [2.75, 3.05) is 13.2 Å². The molecule has 5 nitrogen and oxygen atoms in total. The molecule has 0 spiro atoms. The zero-order valence-electron chi connectivity index (χ0n) is 13.8. The van der Waals surface area contributed by atoms with E-state index in [0.717, 1.165) is 17.2 Å². The van der Waals surface area contributed by atoms with E-state index in [-0.39, 0.29) is 23.9 Å². The van der Waals surface area contributed by atoms with Gasteiger partial charge >= 0.3 is 0 Å². The van der Waals surface area contributed by atoms with Gasteiger partial charge in [0.2, 0.25) is 0 Å². The van der Waals surface area contributed by atoms with Crippen LogP contribution in [0.25, 0.3) is 0 Å². The molecule has 0 saturated carbocycles. The number of allylic oxidation sites excluding steroid dienone is 4. The van der Waals surface area contributed by atoms with E-state index in [1.165, 1.54) is 0 Å². The van der Waals surface area contributed by atoms with Crippen molar-refractivity contribution in [3.63, 3.8) is 0 Å². The van der Waals surface area contributed by atoms with Gasteiger partial charge in [0.15, 0.2) is 0 Å². The number of aliphatic imine (C=N–C) groups is 1. The van der Waals surface area contributed by atoms with E-state index >= 15 is 0 Å². The molecule has 124 valence electrons. The summed E-state index contributed by atoms with van der Waals surface area (Å²) in [5.74, 6) is 1.25. The van der Waals surface area contributed by atoms with E-state index in [9.17, 15) is 5.11 Å². The van der Waals surface area contributed by atoms with Gasteiger partial charge in [0.05, 0.1) is 0 Å². The number of fused-ring (bicyclic) bond motifs is 1. The Morgan fingerprint density at radius 2 is 2.30 bits per heavy atom. The molecule has 5 N–H and O–H groups in total. The maximum absolute atomic E-state index is 9.23. The zero-order chi connectivity index (χ0) is 16.9. The van der Waals surface area contributed by atoms with E-state index in [1.807, 2.05) is 44.4 Å². The van der Waals surface area contributed by atoms with Gasteiger partial charge in [0.25, 0.3) is 0 Å². The summed E-state index contributed by atoms with van der Waals surface area (Å²) < 4.78 is 0. The molecule has 2 unspecified atom stereocenters. The lowest BCUT2D eigenvalue weighted by molar-refractivity contribution is 0.160. The summed E-state index contributed by atoms with van der Waals surface area (Å²) in [5, 5.41) is 15.6. The molecule has 0 saturated heterocycles. The molecule has 0 aromatic heterocycles. The Hall–Kier alpha value is -2.27. The first-order valence-electron chi connectivity index (χ1n) is 7.78. The lowest BCUT2D eigenvalue weighted by Crippen LogP contribution is -2.31. The maximum atomic E-state index is 9.23. The third-order valence-corrected chi connectivity index (χ3v) is 3.94. The van der Waals surface area contributed by atoms with E-state index in [2.05, 4.69) is 28.3 Å². The van der Waals surface area contributed by atoms with Crippen LogP contribution in [-0.4, -0.2) is 24.1 Å². The number of aliphatic hydroxyl groups is 1. The number of nitrogens with two attached hydrogens (primary N) is 1. The van der Waals surface area contributed by atoms with E-state index in [1.54, 1.807) is 6.20 Å². The van der Waals surface area contributed by atoms with Gasteiger partial charge in [-0.05, 0) is 18.4 Å². The molecule has 0 amide bonds. The van der Waals surface area contributed by atoms with Gasteiger partial charge in [-0.25, -0.2) is 4.99 Å². The van der Waals surface area contributed by atoms with Crippen molar-refractivity contribution in [2.45, 2.75) is 13.8 Å². The van der Waals surface area contributed by atoms with Crippen molar-refractivity contribution in [1.82, 2.24) is 10.6 Å². The summed E-state index contributed by atoms with van der Waals surface area (Å²) in [6, 6.07) is 0. The largest absolute Gasteiger partial charge is 0.402 e. The average Bonchev–Trinajstić information content (AvgIpc) is 3.01. The molecule has 0 fully saturated rings. The van der Waals surface area contributed by atoms with Crippen LogP contribution in [0.2, 0.25) is 0 Å². The Labute approximate surface area is 138 Å². The third kappa shape index (κ3) is 4.60. The number of hydrogen-bond acceptors (Lipinski definition) is 5. The van der Waals surface area contributed by atoms with Crippen molar-refractivity contribution < 1.29 is 5.11 Å². The van der Waals surface area contributed by atoms with Crippen LogP contribution >= 0.6 is 0 Å². The summed E-state index contributed by atoms with van der Waals surface area (Å²) in [6.45, 7) is 8.73. The van der Waals surface area contributed by atoms with Crippen LogP contribution in [-0.2, 0) is 0 Å². The Morgan fingerprint density at radius 3 is 3.04 bits per heavy atom. The molecule has 23 heavy (non-hydrogen) atoms. The Bertz CT molecular complexity index is 596. The topological polar surface area (TPSA) is 82.7 Å². The summed E-state index contributed by atoms with van der Waals surface area (Å²) in [4.78, 5) is 4.31. The highest BCUT2D eigenvalue weighted by Crippen LogP contribution is 2.27. The van der Waals surface area contributed by atoms with Crippen LogP contribution in [0.1, 0.15) is 13.8 Å². The van der Waals surface area contributed by atoms with Crippen molar-refractivity contribution in [3.05, 3.63) is 60.8 Å². The molecule has 0 aromatic rings. The predicted octanol–water partition coefficient (Wildman–Crippen LogP) is 1.78. The van der Waals surface area contributed by atoms with Gasteiger partial charge < -0.3 is 21.5 Å². The fourth-order valence-corrected chi connectivity index (χ4v) is 2.35. The van der Waals surface area contributed by atoms with Crippen molar-refractivity contribution >= 4 is 5.84 Å². The zero-order valence-corrected chi connectivity index (χ0v) is 13.8. The van der Waals surface area contributed by atoms with E-state index < -0.39 is 0 Å². The lowest BCUT2D eigenvalue weighted by atomic mass is 9.88. The van der Waals surface area contributed by atoms with Crippen LogP contribution < -0.4 is 16.4 Å². The SMILES string of the molecule is C=C(/C=C\C=C(/N)C1C=CN=C2NC=CC21)NCC(C)(C)CO. The number of nitrogens with zero attached hydrogens (tertiary/aromatic N) is 1. The van der Waals surface area contributed by atoms with Crippen molar-refractivity contribution in [2.24, 2.45) is 28.0 Å². The monoisotopic (exact) mass is 314 g/mol. The molecule has 2 aliphatic rings. The second-order valence-corrected chi connectivity index (χ2v) is 6.64. The minimum atomic E-state index is -0.171. The minimum absolute atomic E-state index is 0.118. The number of amidine groups is 1. The Morgan fingerprint density at radius 1 is 1.52 bits per heavy atom. The van der Waals surface area contributed by atoms with Crippen molar-refractivity contribution in [3.8, 4) is 0 Å². The highest BCUT2D eigenvalue weighted by molar-refractivity contribution is 5.91. The molecule has 2 heterocycles. The van der Waals surface area contributed by atoms with Crippen LogP contribution in [0.3, 0.4) is 0 Å². The third-order valence-electron chi connectivity index (χ3n) is 3.94. The average molecular weight is 314 g/mol. The molecule has 5 heteroatoms. The second kappa shape index (κ2) is 7.33. The van der Waals surface area contributed by atoms with Gasteiger partial charge in [-0.3, -0.25) is 0 Å². The van der Waals surface area contributed by atoms with Gasteiger partial charge in [-0.2, -0.15) is 0 Å². The standard InChI is InChI=1S/C18H26N4O/c1-13(22-11-18(2,3)12-23)5-4-6-16(19)14-7-9-20-17-15(14)8-10-21-17/h4-10,14-15,22-23H,1,11-12,19H2,2-3H3,(H,20,21)/b5-4-,16-6-. The normalized spacial score (nSPS) is 23.6. The first-order valence-corrected chi connectivity index (χ1v) is 7.78. The minimum Gasteiger partial charge on any atom is -0.402 e. The number of hydrogen-bond donors (Lipinski definition) is 4. The van der Waals surface area contributed by atoms with Gasteiger partial charge in [-0.15, -0.1) is 0 Å². The lowest BCUT2D eigenvalue weighted by Gasteiger charge is -2.23. The molecule has 2 aliphatic heterocycles. The predicted molar refractivity (Wildman–Crippen MR) is 95.3 cm³/mol. The summed E-state index contributed by atoms with van der Waals surface area (Å²) in [7, 11) is 0. The highest BCUT2D eigenvalue weighted by Gasteiger charge is 2.28. The van der Waals surface area contributed by atoms with Crippen LogP contribution in [0.4, 0.5) is 0 Å². The molecular formula is C18H26N4O. The smallest absolute Gasteiger partial charge is 0.113 e. The molecule has 0 aromatic carbocycles. The first kappa shape index (κ1) is 17.1. The molecule has 2 atom stereocenters. The first-order chi connectivity index (χ1) is 10.9. The van der Waals surface area contributed by atoms with Gasteiger partial charge in [-0.1, -0.05) is 38.7 Å². The van der Waals surface area contributed by atoms with Crippen molar-refractivity contribution in [1.29, 1.82) is 0 Å². The molecule has 0 bridgehead atoms. The van der Waals surface area contributed by atoms with E-state index in [4.69, 9.17) is 5.73 Å².